The second kappa shape index (κ2) is 6.10. The highest BCUT2D eigenvalue weighted by atomic mass is 32.2. The Bertz CT molecular complexity index is 519. The summed E-state index contributed by atoms with van der Waals surface area (Å²) in [5.41, 5.74) is 2.79. The van der Waals surface area contributed by atoms with E-state index < -0.39 is 5.76 Å². The molecule has 0 atom stereocenters. The third kappa shape index (κ3) is 3.73. The van der Waals surface area contributed by atoms with Gasteiger partial charge in [0.05, 0.1) is 29.4 Å². The van der Waals surface area contributed by atoms with Crippen LogP contribution in [0.2, 0.25) is 0 Å². The zero-order valence-corrected chi connectivity index (χ0v) is 11.5. The van der Waals surface area contributed by atoms with Crippen molar-refractivity contribution in [2.75, 3.05) is 5.32 Å². The van der Waals surface area contributed by atoms with Gasteiger partial charge in [-0.15, -0.1) is 0 Å². The highest BCUT2D eigenvalue weighted by molar-refractivity contribution is 7.98. The van der Waals surface area contributed by atoms with Crippen molar-refractivity contribution in [1.29, 1.82) is 0 Å². The number of rotatable bonds is 6. The maximum Gasteiger partial charge on any atom is 0.284 e. The molecule has 7 heteroatoms. The lowest BCUT2D eigenvalue weighted by Gasteiger charge is -2.04. The number of anilines is 1. The first-order valence-electron chi connectivity index (χ1n) is 5.79. The first-order valence-corrected chi connectivity index (χ1v) is 6.84. The third-order valence-electron chi connectivity index (χ3n) is 2.64. The molecule has 2 aromatic heterocycles. The lowest BCUT2D eigenvalue weighted by molar-refractivity contribution is 0.251. The molecule has 0 aliphatic heterocycles. The van der Waals surface area contributed by atoms with Crippen LogP contribution in [0.25, 0.3) is 0 Å². The fourth-order valence-corrected chi connectivity index (χ4v) is 2.17. The summed E-state index contributed by atoms with van der Waals surface area (Å²) in [4.78, 5) is 0. The van der Waals surface area contributed by atoms with Crippen LogP contribution in [0.3, 0.4) is 0 Å². The topological polar surface area (TPSA) is 53.9 Å². The predicted molar refractivity (Wildman–Crippen MR) is 71.4 cm³/mol. The van der Waals surface area contributed by atoms with Crippen molar-refractivity contribution in [3.8, 4) is 0 Å². The van der Waals surface area contributed by atoms with Crippen LogP contribution in [0.15, 0.2) is 16.5 Å². The molecular formula is C12H15F2N3OS. The van der Waals surface area contributed by atoms with Crippen LogP contribution in [0.4, 0.5) is 14.5 Å². The van der Waals surface area contributed by atoms with E-state index in [4.69, 9.17) is 4.42 Å². The second-order valence-corrected chi connectivity index (χ2v) is 5.08. The number of nitrogens with zero attached hydrogens (tertiary/aromatic N) is 1. The maximum atomic E-state index is 12.0. The van der Waals surface area contributed by atoms with E-state index in [-0.39, 0.29) is 5.75 Å². The zero-order chi connectivity index (χ0) is 13.8. The Hall–Kier alpha value is -1.50. The molecule has 0 aromatic carbocycles. The monoisotopic (exact) mass is 287 g/mol. The largest absolute Gasteiger partial charge is 0.463 e. The van der Waals surface area contributed by atoms with Gasteiger partial charge in [0.15, 0.2) is 0 Å². The van der Waals surface area contributed by atoms with Crippen molar-refractivity contribution in [2.24, 2.45) is 0 Å². The Balaban J connectivity index is 1.90. The Morgan fingerprint density at radius 2 is 2.11 bits per heavy atom. The molecule has 0 amide bonds. The van der Waals surface area contributed by atoms with Crippen LogP contribution in [0.5, 0.6) is 0 Å². The number of halogens is 2. The summed E-state index contributed by atoms with van der Waals surface area (Å²) in [6.07, 6.45) is 0. The van der Waals surface area contributed by atoms with Crippen molar-refractivity contribution in [2.45, 2.75) is 31.9 Å². The Kier molecular flexibility index (Phi) is 4.47. The first-order chi connectivity index (χ1) is 9.06. The van der Waals surface area contributed by atoms with Crippen molar-refractivity contribution in [1.82, 2.24) is 10.2 Å². The molecular weight excluding hydrogens is 272 g/mol. The number of aromatic amines is 1. The average Bonchev–Trinajstić information content (AvgIpc) is 2.93. The zero-order valence-electron chi connectivity index (χ0n) is 10.7. The third-order valence-corrected chi connectivity index (χ3v) is 3.34. The normalized spacial score (nSPS) is 11.2. The fraction of sp³-hybridized carbons (Fsp3) is 0.417. The number of hydrogen-bond donors (Lipinski definition) is 2. The molecule has 0 aliphatic rings. The Morgan fingerprint density at radius 1 is 1.37 bits per heavy atom. The van der Waals surface area contributed by atoms with Crippen molar-refractivity contribution >= 4 is 17.4 Å². The van der Waals surface area contributed by atoms with E-state index in [0.717, 1.165) is 17.1 Å². The minimum Gasteiger partial charge on any atom is -0.463 e. The number of nitrogens with one attached hydrogen (secondary N) is 2. The van der Waals surface area contributed by atoms with Crippen molar-refractivity contribution in [3.05, 3.63) is 35.0 Å². The Labute approximate surface area is 114 Å². The second-order valence-electron chi connectivity index (χ2n) is 4.10. The molecule has 0 fully saturated rings. The maximum absolute atomic E-state index is 12.0. The van der Waals surface area contributed by atoms with Crippen LogP contribution >= 0.6 is 11.8 Å². The van der Waals surface area contributed by atoms with Gasteiger partial charge in [0.25, 0.3) is 5.76 Å². The van der Waals surface area contributed by atoms with E-state index in [0.29, 0.717) is 29.8 Å². The van der Waals surface area contributed by atoms with E-state index in [9.17, 15) is 8.78 Å². The van der Waals surface area contributed by atoms with E-state index in [1.165, 1.54) is 0 Å². The summed E-state index contributed by atoms with van der Waals surface area (Å²) in [7, 11) is 0. The summed E-state index contributed by atoms with van der Waals surface area (Å²) in [6, 6.07) is 3.51. The number of thioether (sulfide) groups is 1. The quantitative estimate of drug-likeness (QED) is 0.851. The van der Waals surface area contributed by atoms with Gasteiger partial charge in [-0.3, -0.25) is 5.10 Å². The molecule has 2 N–H and O–H groups in total. The predicted octanol–water partition coefficient (Wildman–Crippen LogP) is 3.69. The molecule has 19 heavy (non-hydrogen) atoms. The van der Waals surface area contributed by atoms with Gasteiger partial charge in [0.1, 0.15) is 11.5 Å². The van der Waals surface area contributed by atoms with Gasteiger partial charge < -0.3 is 9.73 Å². The van der Waals surface area contributed by atoms with Gasteiger partial charge >= 0.3 is 0 Å². The lowest BCUT2D eigenvalue weighted by atomic mass is 10.3. The van der Waals surface area contributed by atoms with Gasteiger partial charge in [-0.2, -0.15) is 13.9 Å². The van der Waals surface area contributed by atoms with E-state index in [2.05, 4.69) is 15.5 Å². The molecule has 0 spiro atoms. The molecule has 2 aromatic rings. The van der Waals surface area contributed by atoms with Crippen molar-refractivity contribution in [3.63, 3.8) is 0 Å². The van der Waals surface area contributed by atoms with E-state index in [1.54, 1.807) is 12.1 Å². The van der Waals surface area contributed by atoms with Gasteiger partial charge in [-0.05, 0) is 26.0 Å². The number of furan rings is 1. The van der Waals surface area contributed by atoms with Crippen LogP contribution in [0, 0.1) is 13.8 Å². The van der Waals surface area contributed by atoms with Gasteiger partial charge in [0.2, 0.25) is 0 Å². The van der Waals surface area contributed by atoms with Crippen LogP contribution in [-0.2, 0) is 12.3 Å². The molecule has 2 heterocycles. The molecule has 4 nitrogen and oxygen atoms in total. The number of aromatic nitrogens is 2. The number of aryl methyl sites for hydroxylation is 2. The van der Waals surface area contributed by atoms with Crippen LogP contribution in [-0.4, -0.2) is 16.0 Å². The Morgan fingerprint density at radius 3 is 2.74 bits per heavy atom. The lowest BCUT2D eigenvalue weighted by Crippen LogP contribution is -1.99. The highest BCUT2D eigenvalue weighted by Gasteiger charge is 2.09. The average molecular weight is 287 g/mol. The smallest absolute Gasteiger partial charge is 0.284 e. The number of hydrogen-bond acceptors (Lipinski definition) is 4. The molecule has 0 radical (unpaired) electrons. The van der Waals surface area contributed by atoms with E-state index >= 15 is 0 Å². The summed E-state index contributed by atoms with van der Waals surface area (Å²) in [5, 5.41) is 10.2. The molecule has 0 saturated carbocycles. The molecule has 2 rings (SSSR count). The van der Waals surface area contributed by atoms with Crippen molar-refractivity contribution < 1.29 is 13.2 Å². The van der Waals surface area contributed by atoms with Crippen LogP contribution in [0.1, 0.15) is 22.9 Å². The molecule has 0 unspecified atom stereocenters. The molecule has 0 aliphatic carbocycles. The minimum absolute atomic E-state index is 0.182. The van der Waals surface area contributed by atoms with Gasteiger partial charge in [-0.1, -0.05) is 11.8 Å². The number of H-pyrrole nitrogens is 1. The standard InChI is InChI=1S/C12H15F2N3OS/c1-7-11(8(2)17-16-7)15-5-9-3-4-10(18-9)6-19-12(13)14/h3-4,12,15H,5-6H2,1-2H3,(H,16,17). The van der Waals surface area contributed by atoms with Crippen LogP contribution < -0.4 is 5.32 Å². The molecule has 0 bridgehead atoms. The summed E-state index contributed by atoms with van der Waals surface area (Å²) >= 11 is 0.556. The van der Waals surface area contributed by atoms with Gasteiger partial charge in [0, 0.05) is 0 Å². The first kappa shape index (κ1) is 13.9. The fourth-order valence-electron chi connectivity index (χ4n) is 1.73. The summed E-state index contributed by atoms with van der Waals surface area (Å²) < 4.78 is 29.6. The molecule has 104 valence electrons. The summed E-state index contributed by atoms with van der Waals surface area (Å²) in [5.74, 6) is -0.919. The van der Waals surface area contributed by atoms with E-state index in [1.807, 2.05) is 13.8 Å². The number of alkyl halides is 2. The minimum atomic E-state index is -2.37. The molecule has 0 saturated heterocycles. The van der Waals surface area contributed by atoms with Gasteiger partial charge in [-0.25, -0.2) is 0 Å². The SMILES string of the molecule is Cc1n[nH]c(C)c1NCc1ccc(CSC(F)F)o1. The highest BCUT2D eigenvalue weighted by Crippen LogP contribution is 2.22. The summed E-state index contributed by atoms with van der Waals surface area (Å²) in [6.45, 7) is 4.33.